The van der Waals surface area contributed by atoms with Crippen molar-refractivity contribution in [2.24, 2.45) is 12.5 Å². The summed E-state index contributed by atoms with van der Waals surface area (Å²) in [7, 11) is 3.43. The van der Waals surface area contributed by atoms with Gasteiger partial charge < -0.3 is 19.7 Å². The Balaban J connectivity index is 2.27. The Morgan fingerprint density at radius 3 is 2.45 bits per heavy atom. The van der Waals surface area contributed by atoms with Gasteiger partial charge in [-0.25, -0.2) is 0 Å². The fourth-order valence-corrected chi connectivity index (χ4v) is 2.36. The Bertz CT molecular complexity index is 629. The summed E-state index contributed by atoms with van der Waals surface area (Å²) in [6.45, 7) is 1.59. The van der Waals surface area contributed by atoms with Crippen LogP contribution in [0.5, 0.6) is 0 Å². The molecule has 0 aliphatic carbocycles. The molecule has 0 unspecified atom stereocenters. The molecule has 0 spiro atoms. The highest BCUT2D eigenvalue weighted by atomic mass is 16.3. The van der Waals surface area contributed by atoms with Crippen LogP contribution in [0, 0.1) is 5.41 Å². The van der Waals surface area contributed by atoms with Gasteiger partial charge in [0.25, 0.3) is 5.91 Å². The molecule has 7 nitrogen and oxygen atoms in total. The van der Waals surface area contributed by atoms with Gasteiger partial charge in [-0.1, -0.05) is 6.92 Å². The van der Waals surface area contributed by atoms with E-state index in [1.807, 2.05) is 29.1 Å². The number of hydrogen-bond acceptors (Lipinski definition) is 4. The molecule has 0 saturated heterocycles. The van der Waals surface area contributed by atoms with Crippen LogP contribution in [0.3, 0.4) is 0 Å². The van der Waals surface area contributed by atoms with E-state index in [1.54, 1.807) is 25.7 Å². The summed E-state index contributed by atoms with van der Waals surface area (Å²) in [6, 6.07) is 3.75. The number of aromatic nitrogens is 3. The number of carbonyl (C=O) groups excluding carboxylic acids is 1. The summed E-state index contributed by atoms with van der Waals surface area (Å²) in [4.78, 5) is 14.2. The van der Waals surface area contributed by atoms with Crippen LogP contribution in [0.2, 0.25) is 0 Å². The molecule has 0 bridgehead atoms. The van der Waals surface area contributed by atoms with Gasteiger partial charge >= 0.3 is 0 Å². The van der Waals surface area contributed by atoms with Gasteiger partial charge in [0, 0.05) is 38.4 Å². The summed E-state index contributed by atoms with van der Waals surface area (Å²) >= 11 is 0. The van der Waals surface area contributed by atoms with Crippen LogP contribution >= 0.6 is 0 Å². The van der Waals surface area contributed by atoms with Crippen LogP contribution in [0.15, 0.2) is 30.7 Å². The van der Waals surface area contributed by atoms with Crippen molar-refractivity contribution >= 4 is 5.91 Å². The second-order valence-electron chi connectivity index (χ2n) is 5.88. The molecule has 0 saturated carbocycles. The van der Waals surface area contributed by atoms with E-state index in [-0.39, 0.29) is 25.7 Å². The molecule has 0 aliphatic heterocycles. The monoisotopic (exact) mass is 306 g/mol. The highest BCUT2D eigenvalue weighted by Crippen LogP contribution is 2.20. The fraction of sp³-hybridized carbons (Fsp3) is 0.467. The van der Waals surface area contributed by atoms with Gasteiger partial charge in [0.2, 0.25) is 0 Å². The minimum atomic E-state index is -0.736. The summed E-state index contributed by atoms with van der Waals surface area (Å²) in [5, 5.41) is 22.9. The molecule has 2 N–H and O–H groups in total. The van der Waals surface area contributed by atoms with Crippen molar-refractivity contribution in [3.05, 3.63) is 36.3 Å². The third-order valence-electron chi connectivity index (χ3n) is 3.72. The standard InChI is InChI=1S/C15H22N4O3/c1-15(10-20,11-21)9-17(2)14(22)12-8-16-18(3)13(12)19-6-4-5-7-19/h4-8,20-21H,9-11H2,1-3H3. The molecule has 0 atom stereocenters. The lowest BCUT2D eigenvalue weighted by atomic mass is 9.92. The number of amides is 1. The average molecular weight is 306 g/mol. The summed E-state index contributed by atoms with van der Waals surface area (Å²) in [5.41, 5.74) is -0.264. The Morgan fingerprint density at radius 2 is 1.91 bits per heavy atom. The Hall–Kier alpha value is -2.12. The van der Waals surface area contributed by atoms with E-state index in [1.165, 1.54) is 11.1 Å². The highest BCUT2D eigenvalue weighted by Gasteiger charge is 2.28. The van der Waals surface area contributed by atoms with Gasteiger partial charge in [-0.15, -0.1) is 0 Å². The first-order chi connectivity index (χ1) is 10.4. The molecule has 1 amide bonds. The number of hydrogen-bond donors (Lipinski definition) is 2. The lowest BCUT2D eigenvalue weighted by Gasteiger charge is -2.30. The summed E-state index contributed by atoms with van der Waals surface area (Å²) < 4.78 is 3.46. The van der Waals surface area contributed by atoms with E-state index in [0.29, 0.717) is 11.4 Å². The second kappa shape index (κ2) is 6.33. The van der Waals surface area contributed by atoms with Crippen molar-refractivity contribution in [2.75, 3.05) is 26.8 Å². The van der Waals surface area contributed by atoms with Crippen LogP contribution in [0.25, 0.3) is 5.82 Å². The van der Waals surface area contributed by atoms with Crippen molar-refractivity contribution in [2.45, 2.75) is 6.92 Å². The number of aliphatic hydroxyl groups is 2. The predicted octanol–water partition coefficient (Wildman–Crippen LogP) is 0.274. The Morgan fingerprint density at radius 1 is 1.32 bits per heavy atom. The fourth-order valence-electron chi connectivity index (χ4n) is 2.36. The van der Waals surface area contributed by atoms with Gasteiger partial charge in [0.1, 0.15) is 11.4 Å². The average Bonchev–Trinajstić information content (AvgIpc) is 3.15. The third kappa shape index (κ3) is 3.05. The number of rotatable bonds is 6. The first-order valence-corrected chi connectivity index (χ1v) is 7.04. The van der Waals surface area contributed by atoms with E-state index in [9.17, 15) is 15.0 Å². The summed E-state index contributed by atoms with van der Waals surface area (Å²) in [5.74, 6) is 0.474. The largest absolute Gasteiger partial charge is 0.396 e. The van der Waals surface area contributed by atoms with Gasteiger partial charge in [-0.05, 0) is 12.1 Å². The minimum absolute atomic E-state index is 0.196. The second-order valence-corrected chi connectivity index (χ2v) is 5.88. The van der Waals surface area contributed by atoms with Gasteiger partial charge in [-0.2, -0.15) is 5.10 Å². The minimum Gasteiger partial charge on any atom is -0.396 e. The molecule has 0 aliphatic rings. The normalized spacial score (nSPS) is 11.7. The molecular weight excluding hydrogens is 284 g/mol. The smallest absolute Gasteiger partial charge is 0.259 e. The zero-order valence-electron chi connectivity index (χ0n) is 13.1. The molecule has 22 heavy (non-hydrogen) atoms. The topological polar surface area (TPSA) is 83.5 Å². The molecule has 0 aromatic carbocycles. The maximum atomic E-state index is 12.7. The van der Waals surface area contributed by atoms with Crippen molar-refractivity contribution in [3.63, 3.8) is 0 Å². The van der Waals surface area contributed by atoms with E-state index in [0.717, 1.165) is 0 Å². The molecule has 7 heteroatoms. The van der Waals surface area contributed by atoms with Gasteiger partial charge in [-0.3, -0.25) is 9.48 Å². The molecule has 2 rings (SSSR count). The highest BCUT2D eigenvalue weighted by molar-refractivity contribution is 5.97. The van der Waals surface area contributed by atoms with Crippen molar-refractivity contribution in [3.8, 4) is 5.82 Å². The van der Waals surface area contributed by atoms with Crippen LogP contribution in [0.4, 0.5) is 0 Å². The van der Waals surface area contributed by atoms with Crippen molar-refractivity contribution in [1.82, 2.24) is 19.2 Å². The number of aliphatic hydroxyl groups excluding tert-OH is 2. The number of aryl methyl sites for hydroxylation is 1. The maximum Gasteiger partial charge on any atom is 0.259 e. The van der Waals surface area contributed by atoms with E-state index in [2.05, 4.69) is 5.10 Å². The molecule has 0 radical (unpaired) electrons. The molecular formula is C15H22N4O3. The SMILES string of the molecule is CN(CC(C)(CO)CO)C(=O)c1cnn(C)c1-n1cccc1. The van der Waals surface area contributed by atoms with Crippen LogP contribution in [-0.2, 0) is 7.05 Å². The molecule has 0 fully saturated rings. The van der Waals surface area contributed by atoms with Crippen molar-refractivity contribution < 1.29 is 15.0 Å². The van der Waals surface area contributed by atoms with Crippen LogP contribution in [0.1, 0.15) is 17.3 Å². The first kappa shape index (κ1) is 16.3. The number of carbonyl (C=O) groups is 1. The predicted molar refractivity (Wildman–Crippen MR) is 81.8 cm³/mol. The summed E-state index contributed by atoms with van der Waals surface area (Å²) in [6.07, 6.45) is 5.22. The maximum absolute atomic E-state index is 12.7. The van der Waals surface area contributed by atoms with Crippen LogP contribution in [-0.4, -0.2) is 62.2 Å². The molecule has 2 aromatic rings. The molecule has 2 aromatic heterocycles. The first-order valence-electron chi connectivity index (χ1n) is 7.04. The third-order valence-corrected chi connectivity index (χ3v) is 3.72. The van der Waals surface area contributed by atoms with Gasteiger partial charge in [0.15, 0.2) is 0 Å². The van der Waals surface area contributed by atoms with Gasteiger partial charge in [0.05, 0.1) is 19.4 Å². The molecule has 120 valence electrons. The lowest BCUT2D eigenvalue weighted by molar-refractivity contribution is 0.0366. The van der Waals surface area contributed by atoms with E-state index >= 15 is 0 Å². The quantitative estimate of drug-likeness (QED) is 0.802. The van der Waals surface area contributed by atoms with E-state index < -0.39 is 5.41 Å². The zero-order chi connectivity index (χ0) is 16.3. The van der Waals surface area contributed by atoms with Crippen molar-refractivity contribution in [1.29, 1.82) is 0 Å². The number of nitrogens with zero attached hydrogens (tertiary/aromatic N) is 4. The zero-order valence-corrected chi connectivity index (χ0v) is 13.1. The Labute approximate surface area is 129 Å². The van der Waals surface area contributed by atoms with E-state index in [4.69, 9.17) is 0 Å². The Kier molecular flexibility index (Phi) is 4.68. The lowest BCUT2D eigenvalue weighted by Crippen LogP contribution is -2.41. The molecule has 2 heterocycles. The van der Waals surface area contributed by atoms with Crippen LogP contribution < -0.4 is 0 Å².